The lowest BCUT2D eigenvalue weighted by molar-refractivity contribution is 0.772. The number of hydrogen-bond acceptors (Lipinski definition) is 0. The number of para-hydroxylation sites is 1. The first-order chi connectivity index (χ1) is 25.2. The molecule has 0 radical (unpaired) electrons. The van der Waals surface area contributed by atoms with Crippen LogP contribution in [0.15, 0.2) is 170 Å². The largest absolute Gasteiger partial charge is 0.310 e. The Hall–Kier alpha value is -6.12. The number of allylic oxidation sites excluding steroid dienone is 5. The minimum absolute atomic E-state index is 0.373. The molecule has 0 aliphatic heterocycles. The third-order valence-corrected chi connectivity index (χ3v) is 11.1. The predicted octanol–water partition coefficient (Wildman–Crippen LogP) is 13.2. The second-order valence-corrected chi connectivity index (χ2v) is 14.2. The Morgan fingerprint density at radius 2 is 1.14 bits per heavy atom. The fourth-order valence-corrected chi connectivity index (χ4v) is 8.61. The SMILES string of the molecule is CC1CC=Cc2c1c1cc(-c3ccc4c(c3)c3ccccc3n4-c3cccc(-c4ccccc4)c3)ccc1n2C1=CC(c2ccccc2)CC=C1. The Kier molecular flexibility index (Phi) is 7.02. The minimum Gasteiger partial charge on any atom is -0.310 e. The number of fused-ring (bicyclic) bond motifs is 6. The standard InChI is InChI=1S/C49H38N2/c1-33-13-10-24-48-49(33)44-32-39(26-28-47(44)51(48)41-21-12-19-37(30-41)35-16-6-3-7-17-35)38-25-27-46-43(31-38)42-22-8-9-23-45(42)50(46)40-20-11-18-36(29-40)34-14-4-2-5-15-34/h2-12,14-18,20-33,37H,13,19H2,1H3. The summed E-state index contributed by atoms with van der Waals surface area (Å²) < 4.78 is 4.93. The van der Waals surface area contributed by atoms with Gasteiger partial charge < -0.3 is 9.13 Å². The molecule has 2 heterocycles. The number of benzene rings is 6. The van der Waals surface area contributed by atoms with Gasteiger partial charge >= 0.3 is 0 Å². The normalized spacial score (nSPS) is 16.9. The van der Waals surface area contributed by atoms with Crippen molar-refractivity contribution >= 4 is 44.5 Å². The van der Waals surface area contributed by atoms with Gasteiger partial charge in [-0.2, -0.15) is 0 Å². The molecule has 2 aliphatic carbocycles. The van der Waals surface area contributed by atoms with Crippen LogP contribution in [0.2, 0.25) is 0 Å². The van der Waals surface area contributed by atoms with Crippen LogP contribution in [0.25, 0.3) is 72.4 Å². The molecule has 0 spiro atoms. The van der Waals surface area contributed by atoms with Crippen LogP contribution in [-0.4, -0.2) is 9.13 Å². The third-order valence-electron chi connectivity index (χ3n) is 11.1. The third kappa shape index (κ3) is 4.94. The highest BCUT2D eigenvalue weighted by Gasteiger charge is 2.25. The quantitative estimate of drug-likeness (QED) is 0.175. The Morgan fingerprint density at radius 1 is 0.490 bits per heavy atom. The number of aromatic nitrogens is 2. The van der Waals surface area contributed by atoms with Crippen molar-refractivity contribution < 1.29 is 0 Å². The van der Waals surface area contributed by atoms with Crippen molar-refractivity contribution in [1.82, 2.24) is 9.13 Å². The molecule has 6 aromatic carbocycles. The van der Waals surface area contributed by atoms with E-state index in [1.807, 2.05) is 0 Å². The van der Waals surface area contributed by atoms with Gasteiger partial charge in [0.2, 0.25) is 0 Å². The zero-order chi connectivity index (χ0) is 33.9. The van der Waals surface area contributed by atoms with Crippen LogP contribution in [0.3, 0.4) is 0 Å². The molecule has 2 atom stereocenters. The molecule has 2 unspecified atom stereocenters. The van der Waals surface area contributed by atoms with Gasteiger partial charge in [-0.3, -0.25) is 0 Å². The van der Waals surface area contributed by atoms with Gasteiger partial charge in [-0.15, -0.1) is 0 Å². The first-order valence-corrected chi connectivity index (χ1v) is 18.2. The van der Waals surface area contributed by atoms with Crippen LogP contribution in [-0.2, 0) is 0 Å². The van der Waals surface area contributed by atoms with Crippen molar-refractivity contribution in [2.75, 3.05) is 0 Å². The van der Waals surface area contributed by atoms with Crippen LogP contribution in [0.1, 0.15) is 48.4 Å². The first-order valence-electron chi connectivity index (χ1n) is 18.2. The summed E-state index contributed by atoms with van der Waals surface area (Å²) in [5, 5.41) is 3.90. The highest BCUT2D eigenvalue weighted by atomic mass is 15.0. The van der Waals surface area contributed by atoms with Crippen molar-refractivity contribution in [2.24, 2.45) is 0 Å². The molecule has 10 rings (SSSR count). The maximum atomic E-state index is 2.51. The van der Waals surface area contributed by atoms with Crippen LogP contribution < -0.4 is 0 Å². The van der Waals surface area contributed by atoms with E-state index in [9.17, 15) is 0 Å². The first kappa shape index (κ1) is 29.8. The highest BCUT2D eigenvalue weighted by Crippen LogP contribution is 2.43. The Balaban J connectivity index is 1.11. The molecule has 2 heteroatoms. The number of hydrogen-bond donors (Lipinski definition) is 0. The molecule has 8 aromatic rings. The van der Waals surface area contributed by atoms with Crippen LogP contribution in [0.5, 0.6) is 0 Å². The van der Waals surface area contributed by atoms with Crippen molar-refractivity contribution in [3.05, 3.63) is 187 Å². The van der Waals surface area contributed by atoms with Gasteiger partial charge in [0, 0.05) is 39.2 Å². The second-order valence-electron chi connectivity index (χ2n) is 14.2. The maximum absolute atomic E-state index is 2.51. The molecule has 0 fully saturated rings. The summed E-state index contributed by atoms with van der Waals surface area (Å²) in [6.07, 6.45) is 13.9. The molecule has 0 amide bonds. The van der Waals surface area contributed by atoms with Gasteiger partial charge in [-0.1, -0.05) is 128 Å². The molecule has 51 heavy (non-hydrogen) atoms. The van der Waals surface area contributed by atoms with Gasteiger partial charge in [0.05, 0.1) is 16.6 Å². The fraction of sp³-hybridized carbons (Fsp3) is 0.102. The molecule has 0 saturated heterocycles. The van der Waals surface area contributed by atoms with E-state index in [1.165, 1.54) is 83.2 Å². The summed E-state index contributed by atoms with van der Waals surface area (Å²) >= 11 is 0. The zero-order valence-electron chi connectivity index (χ0n) is 28.7. The molecular weight excluding hydrogens is 617 g/mol. The summed E-state index contributed by atoms with van der Waals surface area (Å²) in [5.41, 5.74) is 15.3. The molecule has 0 N–H and O–H groups in total. The van der Waals surface area contributed by atoms with E-state index in [2.05, 4.69) is 192 Å². The molecule has 244 valence electrons. The van der Waals surface area contributed by atoms with Gasteiger partial charge in [-0.05, 0) is 107 Å². The topological polar surface area (TPSA) is 9.86 Å². The Bertz CT molecular complexity index is 2700. The van der Waals surface area contributed by atoms with Gasteiger partial charge in [0.25, 0.3) is 0 Å². The van der Waals surface area contributed by atoms with E-state index in [0.29, 0.717) is 11.8 Å². The Morgan fingerprint density at radius 3 is 1.96 bits per heavy atom. The van der Waals surface area contributed by atoms with Crippen LogP contribution in [0.4, 0.5) is 0 Å². The highest BCUT2D eigenvalue weighted by molar-refractivity contribution is 6.10. The second kappa shape index (κ2) is 12.0. The molecule has 2 aliphatic rings. The maximum Gasteiger partial charge on any atom is 0.0541 e. The molecular formula is C49H38N2. The van der Waals surface area contributed by atoms with Crippen molar-refractivity contribution in [1.29, 1.82) is 0 Å². The smallest absolute Gasteiger partial charge is 0.0541 e. The van der Waals surface area contributed by atoms with Crippen LogP contribution in [0, 0.1) is 0 Å². The summed E-state index contributed by atoms with van der Waals surface area (Å²) in [7, 11) is 0. The van der Waals surface area contributed by atoms with Crippen LogP contribution >= 0.6 is 0 Å². The van der Waals surface area contributed by atoms with Crippen molar-refractivity contribution in [3.63, 3.8) is 0 Å². The van der Waals surface area contributed by atoms with Gasteiger partial charge in [-0.25, -0.2) is 0 Å². The monoisotopic (exact) mass is 654 g/mol. The molecule has 2 nitrogen and oxygen atoms in total. The lowest BCUT2D eigenvalue weighted by atomic mass is 9.89. The van der Waals surface area contributed by atoms with Crippen molar-refractivity contribution in [2.45, 2.75) is 31.6 Å². The summed E-state index contributed by atoms with van der Waals surface area (Å²) in [4.78, 5) is 0. The Labute approximate surface area is 298 Å². The number of rotatable bonds is 5. The van der Waals surface area contributed by atoms with E-state index >= 15 is 0 Å². The van der Waals surface area contributed by atoms with E-state index < -0.39 is 0 Å². The van der Waals surface area contributed by atoms with Gasteiger partial charge in [0.1, 0.15) is 0 Å². The van der Waals surface area contributed by atoms with E-state index in [1.54, 1.807) is 0 Å². The summed E-state index contributed by atoms with van der Waals surface area (Å²) in [5.74, 6) is 0.826. The average Bonchev–Trinajstić information content (AvgIpc) is 3.71. The number of nitrogens with zero attached hydrogens (tertiary/aromatic N) is 2. The zero-order valence-corrected chi connectivity index (χ0v) is 28.7. The minimum atomic E-state index is 0.373. The lowest BCUT2D eigenvalue weighted by Gasteiger charge is -2.21. The fourth-order valence-electron chi connectivity index (χ4n) is 8.61. The van der Waals surface area contributed by atoms with E-state index in [-0.39, 0.29) is 0 Å². The molecule has 0 bridgehead atoms. The molecule has 2 aromatic heterocycles. The molecule has 0 saturated carbocycles. The lowest BCUT2D eigenvalue weighted by Crippen LogP contribution is -2.07. The summed E-state index contributed by atoms with van der Waals surface area (Å²) in [6.45, 7) is 2.38. The van der Waals surface area contributed by atoms with E-state index in [4.69, 9.17) is 0 Å². The average molecular weight is 655 g/mol. The van der Waals surface area contributed by atoms with Crippen molar-refractivity contribution in [3.8, 4) is 27.9 Å². The predicted molar refractivity (Wildman–Crippen MR) is 216 cm³/mol. The van der Waals surface area contributed by atoms with Gasteiger partial charge in [0.15, 0.2) is 0 Å². The van der Waals surface area contributed by atoms with E-state index in [0.717, 1.165) is 12.8 Å². The summed E-state index contributed by atoms with van der Waals surface area (Å²) in [6, 6.07) is 53.5.